The Labute approximate surface area is 204 Å². The molecule has 0 aliphatic carbocycles. The first-order valence-corrected chi connectivity index (χ1v) is 12.2. The van der Waals surface area contributed by atoms with Crippen LogP contribution in [0.3, 0.4) is 0 Å². The SMILES string of the molecule is Cc1cc(C)nc(Sc2ccc(NC(=O)C3CCN(C(=O)/C=C\c4ccccc4)CC3)cc2)n1. The molecular formula is C27H28N4O2S. The molecule has 0 saturated carbocycles. The zero-order valence-corrected chi connectivity index (χ0v) is 20.2. The van der Waals surface area contributed by atoms with Gasteiger partial charge in [-0.25, -0.2) is 9.97 Å². The van der Waals surface area contributed by atoms with Crippen LogP contribution in [0.5, 0.6) is 0 Å². The van der Waals surface area contributed by atoms with Crippen LogP contribution >= 0.6 is 11.8 Å². The first kappa shape index (κ1) is 23.7. The molecule has 1 fully saturated rings. The molecule has 1 N–H and O–H groups in total. The average molecular weight is 473 g/mol. The van der Waals surface area contributed by atoms with Gasteiger partial charge in [-0.2, -0.15) is 0 Å². The van der Waals surface area contributed by atoms with Crippen LogP contribution in [0.25, 0.3) is 6.08 Å². The minimum atomic E-state index is -0.0973. The number of anilines is 1. The molecular weight excluding hydrogens is 444 g/mol. The normalized spacial score (nSPS) is 14.4. The second-order valence-corrected chi connectivity index (χ2v) is 9.43. The number of hydrogen-bond acceptors (Lipinski definition) is 5. The van der Waals surface area contributed by atoms with Gasteiger partial charge < -0.3 is 10.2 Å². The molecule has 1 aliphatic heterocycles. The van der Waals surface area contributed by atoms with Gasteiger partial charge >= 0.3 is 0 Å². The van der Waals surface area contributed by atoms with E-state index in [-0.39, 0.29) is 17.7 Å². The van der Waals surface area contributed by atoms with Gasteiger partial charge in [-0.1, -0.05) is 30.3 Å². The van der Waals surface area contributed by atoms with Gasteiger partial charge in [0, 0.05) is 47.1 Å². The number of nitrogens with zero attached hydrogens (tertiary/aromatic N) is 3. The maximum Gasteiger partial charge on any atom is 0.246 e. The fourth-order valence-corrected chi connectivity index (χ4v) is 4.76. The van der Waals surface area contributed by atoms with Crippen LogP contribution in [0.15, 0.2) is 76.8 Å². The molecule has 0 bridgehead atoms. The smallest absolute Gasteiger partial charge is 0.246 e. The number of nitrogens with one attached hydrogen (secondary N) is 1. The topological polar surface area (TPSA) is 75.2 Å². The third-order valence-electron chi connectivity index (χ3n) is 5.69. The number of amides is 2. The summed E-state index contributed by atoms with van der Waals surface area (Å²) in [5, 5.41) is 3.73. The highest BCUT2D eigenvalue weighted by atomic mass is 32.2. The van der Waals surface area contributed by atoms with Gasteiger partial charge in [-0.05, 0) is 80.4 Å². The molecule has 0 radical (unpaired) electrons. The third-order valence-corrected chi connectivity index (χ3v) is 6.56. The number of carbonyl (C=O) groups is 2. The van der Waals surface area contributed by atoms with Crippen LogP contribution in [0, 0.1) is 19.8 Å². The van der Waals surface area contributed by atoms with Gasteiger partial charge in [0.1, 0.15) is 0 Å². The molecule has 0 unspecified atom stereocenters. The van der Waals surface area contributed by atoms with Crippen molar-refractivity contribution in [2.75, 3.05) is 18.4 Å². The number of benzene rings is 2. The summed E-state index contributed by atoms with van der Waals surface area (Å²) in [6, 6.07) is 19.4. The van der Waals surface area contributed by atoms with E-state index < -0.39 is 0 Å². The Kier molecular flexibility index (Phi) is 7.75. The van der Waals surface area contributed by atoms with Crippen LogP contribution < -0.4 is 5.32 Å². The number of carbonyl (C=O) groups excluding carboxylic acids is 2. The molecule has 1 aliphatic rings. The van der Waals surface area contributed by atoms with E-state index in [0.29, 0.717) is 31.1 Å². The van der Waals surface area contributed by atoms with E-state index >= 15 is 0 Å². The molecule has 2 heterocycles. The molecule has 7 heteroatoms. The van der Waals surface area contributed by atoms with Gasteiger partial charge in [-0.15, -0.1) is 0 Å². The number of aryl methyl sites for hydroxylation is 2. The summed E-state index contributed by atoms with van der Waals surface area (Å²) in [5.74, 6) is -0.103. The predicted octanol–water partition coefficient (Wildman–Crippen LogP) is 5.14. The molecule has 0 atom stereocenters. The molecule has 6 nitrogen and oxygen atoms in total. The van der Waals surface area contributed by atoms with Crippen molar-refractivity contribution in [3.8, 4) is 0 Å². The van der Waals surface area contributed by atoms with Crippen molar-refractivity contribution in [3.63, 3.8) is 0 Å². The number of rotatable bonds is 6. The lowest BCUT2D eigenvalue weighted by Gasteiger charge is -2.30. The van der Waals surface area contributed by atoms with Crippen LogP contribution in [-0.4, -0.2) is 39.8 Å². The standard InChI is InChI=1S/C27H28N4O2S/c1-19-18-20(2)29-27(28-19)34-24-11-9-23(10-12-24)30-26(33)22-14-16-31(17-15-22)25(32)13-8-21-6-4-3-5-7-21/h3-13,18,22H,14-17H2,1-2H3,(H,30,33)/b13-8-. The van der Waals surface area contributed by atoms with E-state index in [0.717, 1.165) is 27.5 Å². The summed E-state index contributed by atoms with van der Waals surface area (Å²) in [6.45, 7) is 5.08. The van der Waals surface area contributed by atoms with Crippen LogP contribution in [0.4, 0.5) is 5.69 Å². The van der Waals surface area contributed by atoms with E-state index in [1.165, 1.54) is 11.8 Å². The molecule has 2 amide bonds. The summed E-state index contributed by atoms with van der Waals surface area (Å²) in [7, 11) is 0. The van der Waals surface area contributed by atoms with Crippen molar-refractivity contribution in [1.82, 2.24) is 14.9 Å². The average Bonchev–Trinajstić information content (AvgIpc) is 2.84. The van der Waals surface area contributed by atoms with Gasteiger partial charge in [0.2, 0.25) is 11.8 Å². The first-order chi connectivity index (χ1) is 16.5. The highest BCUT2D eigenvalue weighted by Crippen LogP contribution is 2.27. The fourth-order valence-electron chi connectivity index (χ4n) is 3.89. The number of likely N-dealkylation sites (tertiary alicyclic amines) is 1. The van der Waals surface area contributed by atoms with Gasteiger partial charge in [-0.3, -0.25) is 9.59 Å². The molecule has 174 valence electrons. The van der Waals surface area contributed by atoms with Gasteiger partial charge in [0.25, 0.3) is 0 Å². The van der Waals surface area contributed by atoms with Crippen molar-refractivity contribution >= 4 is 35.3 Å². The lowest BCUT2D eigenvalue weighted by Crippen LogP contribution is -2.40. The summed E-state index contributed by atoms with van der Waals surface area (Å²) in [5.41, 5.74) is 3.65. The quantitative estimate of drug-likeness (QED) is 0.397. The van der Waals surface area contributed by atoms with E-state index in [1.54, 1.807) is 6.08 Å². The second-order valence-electron chi connectivity index (χ2n) is 8.39. The van der Waals surface area contributed by atoms with Crippen molar-refractivity contribution in [2.45, 2.75) is 36.7 Å². The Morgan fingerprint density at radius 3 is 2.26 bits per heavy atom. The van der Waals surface area contributed by atoms with E-state index in [1.807, 2.05) is 85.5 Å². The van der Waals surface area contributed by atoms with E-state index in [9.17, 15) is 9.59 Å². The zero-order chi connectivity index (χ0) is 23.9. The maximum atomic E-state index is 12.8. The second kappa shape index (κ2) is 11.1. The Morgan fingerprint density at radius 2 is 1.62 bits per heavy atom. The molecule has 4 rings (SSSR count). The lowest BCUT2D eigenvalue weighted by molar-refractivity contribution is -0.130. The number of aromatic nitrogens is 2. The molecule has 34 heavy (non-hydrogen) atoms. The fraction of sp³-hybridized carbons (Fsp3) is 0.259. The molecule has 2 aromatic carbocycles. The van der Waals surface area contributed by atoms with Crippen molar-refractivity contribution < 1.29 is 9.59 Å². The third kappa shape index (κ3) is 6.54. The lowest BCUT2D eigenvalue weighted by atomic mass is 9.95. The van der Waals surface area contributed by atoms with Crippen molar-refractivity contribution in [3.05, 3.63) is 83.7 Å². The Balaban J connectivity index is 1.26. The maximum absolute atomic E-state index is 12.8. The van der Waals surface area contributed by atoms with Crippen LogP contribution in [-0.2, 0) is 9.59 Å². The van der Waals surface area contributed by atoms with E-state index in [2.05, 4.69) is 15.3 Å². The molecule has 0 spiro atoms. The van der Waals surface area contributed by atoms with Crippen LogP contribution in [0.2, 0.25) is 0 Å². The molecule has 1 aromatic heterocycles. The number of hydrogen-bond donors (Lipinski definition) is 1. The summed E-state index contributed by atoms with van der Waals surface area (Å²) < 4.78 is 0. The zero-order valence-electron chi connectivity index (χ0n) is 19.4. The monoisotopic (exact) mass is 472 g/mol. The predicted molar refractivity (Wildman–Crippen MR) is 135 cm³/mol. The van der Waals surface area contributed by atoms with Gasteiger partial charge in [0.05, 0.1) is 0 Å². The minimum Gasteiger partial charge on any atom is -0.339 e. The Morgan fingerprint density at radius 1 is 0.971 bits per heavy atom. The molecule has 1 saturated heterocycles. The van der Waals surface area contributed by atoms with Crippen LogP contribution in [0.1, 0.15) is 29.8 Å². The highest BCUT2D eigenvalue weighted by Gasteiger charge is 2.26. The molecule has 3 aromatic rings. The highest BCUT2D eigenvalue weighted by molar-refractivity contribution is 7.99. The number of piperidine rings is 1. The summed E-state index contributed by atoms with van der Waals surface area (Å²) in [6.07, 6.45) is 4.76. The van der Waals surface area contributed by atoms with Crippen molar-refractivity contribution in [1.29, 1.82) is 0 Å². The van der Waals surface area contributed by atoms with Crippen molar-refractivity contribution in [2.24, 2.45) is 5.92 Å². The Bertz CT molecular complexity index is 1150. The first-order valence-electron chi connectivity index (χ1n) is 11.4. The minimum absolute atomic E-state index is 0.00460. The van der Waals surface area contributed by atoms with Gasteiger partial charge in [0.15, 0.2) is 5.16 Å². The Hall–Kier alpha value is -3.45. The largest absolute Gasteiger partial charge is 0.339 e. The summed E-state index contributed by atoms with van der Waals surface area (Å²) in [4.78, 5) is 37.0. The summed E-state index contributed by atoms with van der Waals surface area (Å²) >= 11 is 1.50. The van der Waals surface area contributed by atoms with E-state index in [4.69, 9.17) is 0 Å².